The molecule has 0 bridgehead atoms. The smallest absolute Gasteiger partial charge is 0.340 e. The largest absolute Gasteiger partial charge is 0.478 e. The number of carbonyl (C=O) groups is 1. The van der Waals surface area contributed by atoms with Crippen molar-refractivity contribution in [1.82, 2.24) is 4.31 Å². The Morgan fingerprint density at radius 1 is 1.38 bits per heavy atom. The van der Waals surface area contributed by atoms with Crippen LogP contribution in [0.25, 0.3) is 0 Å². The SMILES string of the molecule is COCCN(C1CC1)S(=O)(=O)c1c(C)oc(C)c1C(=O)O. The Balaban J connectivity index is 2.49. The lowest BCUT2D eigenvalue weighted by atomic mass is 10.2. The quantitative estimate of drug-likeness (QED) is 0.816. The normalized spacial score (nSPS) is 15.6. The summed E-state index contributed by atoms with van der Waals surface area (Å²) >= 11 is 0. The Morgan fingerprint density at radius 2 is 2.00 bits per heavy atom. The van der Waals surface area contributed by atoms with Gasteiger partial charge in [0.15, 0.2) is 0 Å². The van der Waals surface area contributed by atoms with E-state index >= 15 is 0 Å². The molecule has 1 fully saturated rings. The van der Waals surface area contributed by atoms with Crippen molar-refractivity contribution in [2.75, 3.05) is 20.3 Å². The van der Waals surface area contributed by atoms with Gasteiger partial charge in [-0.1, -0.05) is 0 Å². The van der Waals surface area contributed by atoms with Crippen LogP contribution in [0, 0.1) is 13.8 Å². The van der Waals surface area contributed by atoms with E-state index in [1.165, 1.54) is 25.3 Å². The van der Waals surface area contributed by atoms with Crippen LogP contribution >= 0.6 is 0 Å². The fourth-order valence-corrected chi connectivity index (χ4v) is 4.43. The molecule has 1 saturated carbocycles. The zero-order valence-corrected chi connectivity index (χ0v) is 13.1. The summed E-state index contributed by atoms with van der Waals surface area (Å²) < 4.78 is 37.2. The summed E-state index contributed by atoms with van der Waals surface area (Å²) in [7, 11) is -2.42. The molecular formula is C13H19NO6S. The van der Waals surface area contributed by atoms with Crippen molar-refractivity contribution >= 4 is 16.0 Å². The minimum atomic E-state index is -3.92. The monoisotopic (exact) mass is 317 g/mol. The minimum absolute atomic E-state index is 0.0820. The van der Waals surface area contributed by atoms with Gasteiger partial charge in [-0.15, -0.1) is 0 Å². The molecule has 7 nitrogen and oxygen atoms in total. The number of furan rings is 1. The first-order chi connectivity index (χ1) is 9.80. The summed E-state index contributed by atoms with van der Waals surface area (Å²) in [5.41, 5.74) is -0.282. The second-order valence-corrected chi connectivity index (χ2v) is 6.89. The molecule has 1 heterocycles. The van der Waals surface area contributed by atoms with Crippen LogP contribution in [-0.4, -0.2) is 50.1 Å². The lowest BCUT2D eigenvalue weighted by molar-refractivity contribution is 0.0691. The topological polar surface area (TPSA) is 97.0 Å². The van der Waals surface area contributed by atoms with E-state index in [4.69, 9.17) is 9.15 Å². The molecule has 1 aromatic rings. The molecule has 118 valence electrons. The van der Waals surface area contributed by atoms with Crippen LogP contribution < -0.4 is 0 Å². The molecule has 0 aliphatic heterocycles. The van der Waals surface area contributed by atoms with E-state index in [0.29, 0.717) is 0 Å². The van der Waals surface area contributed by atoms with Gasteiger partial charge in [-0.05, 0) is 26.7 Å². The number of carboxylic acids is 1. The maximum absolute atomic E-state index is 12.8. The average molecular weight is 317 g/mol. The van der Waals surface area contributed by atoms with Gasteiger partial charge in [0.05, 0.1) is 6.61 Å². The molecule has 0 radical (unpaired) electrons. The molecule has 0 aromatic carbocycles. The Labute approximate surface area is 123 Å². The van der Waals surface area contributed by atoms with E-state index in [1.807, 2.05) is 0 Å². The van der Waals surface area contributed by atoms with Crippen LogP contribution in [0.3, 0.4) is 0 Å². The van der Waals surface area contributed by atoms with Crippen molar-refractivity contribution in [3.8, 4) is 0 Å². The zero-order valence-electron chi connectivity index (χ0n) is 12.2. The molecule has 1 aromatic heterocycles. The van der Waals surface area contributed by atoms with Crippen LogP contribution in [0.1, 0.15) is 34.7 Å². The van der Waals surface area contributed by atoms with E-state index in [9.17, 15) is 18.3 Å². The third-order valence-electron chi connectivity index (χ3n) is 3.46. The standard InChI is InChI=1S/C13H19NO6S/c1-8-11(13(15)16)12(9(2)20-8)21(17,18)14(6-7-19-3)10-4-5-10/h10H,4-7H2,1-3H3,(H,15,16). The van der Waals surface area contributed by atoms with Gasteiger partial charge in [-0.3, -0.25) is 0 Å². The third kappa shape index (κ3) is 2.97. The molecule has 1 aliphatic rings. The Hall–Kier alpha value is -1.38. The van der Waals surface area contributed by atoms with Gasteiger partial charge in [0.2, 0.25) is 10.0 Å². The number of hydrogen-bond donors (Lipinski definition) is 1. The summed E-state index contributed by atoms with van der Waals surface area (Å²) in [6, 6.07) is -0.0820. The predicted octanol–water partition coefficient (Wildman–Crippen LogP) is 1.39. The second-order valence-electron chi connectivity index (χ2n) is 5.06. The molecule has 1 aliphatic carbocycles. The Morgan fingerprint density at radius 3 is 2.48 bits per heavy atom. The molecule has 0 atom stereocenters. The molecule has 1 N–H and O–H groups in total. The Kier molecular flexibility index (Phi) is 4.40. The van der Waals surface area contributed by atoms with E-state index < -0.39 is 16.0 Å². The number of nitrogens with zero attached hydrogens (tertiary/aromatic N) is 1. The van der Waals surface area contributed by atoms with Crippen LogP contribution in [0.5, 0.6) is 0 Å². The minimum Gasteiger partial charge on any atom is -0.478 e. The van der Waals surface area contributed by atoms with E-state index in [1.54, 1.807) is 0 Å². The van der Waals surface area contributed by atoms with Gasteiger partial charge in [0.1, 0.15) is 22.0 Å². The summed E-state index contributed by atoms with van der Waals surface area (Å²) in [5, 5.41) is 9.27. The van der Waals surface area contributed by atoms with Crippen LogP contribution in [0.4, 0.5) is 0 Å². The Bertz CT molecular complexity index is 644. The lowest BCUT2D eigenvalue weighted by Crippen LogP contribution is -2.36. The highest BCUT2D eigenvalue weighted by Crippen LogP contribution is 2.35. The van der Waals surface area contributed by atoms with Crippen molar-refractivity contribution < 1.29 is 27.5 Å². The summed E-state index contributed by atoms with van der Waals surface area (Å²) in [4.78, 5) is 11.1. The average Bonchev–Trinajstić information content (AvgIpc) is 3.14. The first-order valence-electron chi connectivity index (χ1n) is 6.64. The molecule has 0 amide bonds. The van der Waals surface area contributed by atoms with Crippen molar-refractivity contribution in [3.05, 3.63) is 17.1 Å². The fourth-order valence-electron chi connectivity index (χ4n) is 2.38. The van der Waals surface area contributed by atoms with E-state index in [0.717, 1.165) is 12.8 Å². The molecule has 0 saturated heterocycles. The number of carboxylic acid groups (broad SMARTS) is 1. The first-order valence-corrected chi connectivity index (χ1v) is 8.08. The summed E-state index contributed by atoms with van der Waals surface area (Å²) in [5.74, 6) is -1.10. The zero-order chi connectivity index (χ0) is 15.8. The fraction of sp³-hybridized carbons (Fsp3) is 0.615. The molecule has 2 rings (SSSR count). The summed E-state index contributed by atoms with van der Waals surface area (Å²) in [6.07, 6.45) is 1.56. The highest BCUT2D eigenvalue weighted by Gasteiger charge is 2.42. The predicted molar refractivity (Wildman–Crippen MR) is 73.9 cm³/mol. The third-order valence-corrected chi connectivity index (χ3v) is 5.56. The molecule has 0 unspecified atom stereocenters. The summed E-state index contributed by atoms with van der Waals surface area (Å²) in [6.45, 7) is 3.38. The number of rotatable bonds is 7. The molecule has 21 heavy (non-hydrogen) atoms. The number of methoxy groups -OCH3 is 1. The maximum Gasteiger partial charge on any atom is 0.340 e. The first kappa shape index (κ1) is 16.0. The number of sulfonamides is 1. The van der Waals surface area contributed by atoms with Gasteiger partial charge >= 0.3 is 5.97 Å². The maximum atomic E-state index is 12.8. The second kappa shape index (κ2) is 5.78. The van der Waals surface area contributed by atoms with E-state index in [2.05, 4.69) is 0 Å². The van der Waals surface area contributed by atoms with Crippen molar-refractivity contribution in [2.24, 2.45) is 0 Å². The molecular weight excluding hydrogens is 298 g/mol. The van der Waals surface area contributed by atoms with Crippen molar-refractivity contribution in [1.29, 1.82) is 0 Å². The highest BCUT2D eigenvalue weighted by atomic mass is 32.2. The highest BCUT2D eigenvalue weighted by molar-refractivity contribution is 7.89. The molecule has 0 spiro atoms. The van der Waals surface area contributed by atoms with Crippen LogP contribution in [-0.2, 0) is 14.8 Å². The number of aryl methyl sites for hydroxylation is 2. The lowest BCUT2D eigenvalue weighted by Gasteiger charge is -2.21. The van der Waals surface area contributed by atoms with E-state index in [-0.39, 0.29) is 41.2 Å². The van der Waals surface area contributed by atoms with Gasteiger partial charge in [-0.25, -0.2) is 13.2 Å². The number of hydrogen-bond acceptors (Lipinski definition) is 5. The van der Waals surface area contributed by atoms with Crippen LogP contribution in [0.15, 0.2) is 9.31 Å². The molecule has 8 heteroatoms. The van der Waals surface area contributed by atoms with Crippen LogP contribution in [0.2, 0.25) is 0 Å². The number of aromatic carboxylic acids is 1. The van der Waals surface area contributed by atoms with Gasteiger partial charge in [0, 0.05) is 19.7 Å². The van der Waals surface area contributed by atoms with Gasteiger partial charge in [0.25, 0.3) is 0 Å². The van der Waals surface area contributed by atoms with Gasteiger partial charge < -0.3 is 14.3 Å². The van der Waals surface area contributed by atoms with Crippen molar-refractivity contribution in [3.63, 3.8) is 0 Å². The van der Waals surface area contributed by atoms with Crippen molar-refractivity contribution in [2.45, 2.75) is 37.6 Å². The number of ether oxygens (including phenoxy) is 1. The van der Waals surface area contributed by atoms with Gasteiger partial charge in [-0.2, -0.15) is 4.31 Å².